The van der Waals surface area contributed by atoms with Crippen molar-refractivity contribution in [1.82, 2.24) is 5.32 Å². The summed E-state index contributed by atoms with van der Waals surface area (Å²) in [4.78, 5) is 24.4. The van der Waals surface area contributed by atoms with E-state index in [-0.39, 0.29) is 18.6 Å². The van der Waals surface area contributed by atoms with Crippen molar-refractivity contribution in [1.29, 1.82) is 0 Å². The molecule has 3 rings (SSSR count). The Morgan fingerprint density at radius 2 is 1.92 bits per heavy atom. The van der Waals surface area contributed by atoms with Gasteiger partial charge < -0.3 is 10.1 Å². The summed E-state index contributed by atoms with van der Waals surface area (Å²) in [5, 5.41) is 2.99. The third-order valence-electron chi connectivity index (χ3n) is 4.86. The molecule has 1 aliphatic carbocycles. The molecule has 2 aromatic rings. The highest BCUT2D eigenvalue weighted by atomic mass is 16.5. The van der Waals surface area contributed by atoms with Crippen molar-refractivity contribution in [3.8, 4) is 0 Å². The Hall–Kier alpha value is -2.62. The predicted octanol–water partition coefficient (Wildman–Crippen LogP) is 3.65. The summed E-state index contributed by atoms with van der Waals surface area (Å²) in [6.07, 6.45) is 3.00. The van der Waals surface area contributed by atoms with E-state index in [0.717, 1.165) is 30.4 Å². The van der Waals surface area contributed by atoms with E-state index in [2.05, 4.69) is 17.4 Å². The van der Waals surface area contributed by atoms with Gasteiger partial charge in [-0.15, -0.1) is 0 Å². The molecule has 1 amide bonds. The van der Waals surface area contributed by atoms with Gasteiger partial charge in [-0.3, -0.25) is 4.79 Å². The highest BCUT2D eigenvalue weighted by Crippen LogP contribution is 2.29. The molecule has 1 aliphatic rings. The lowest BCUT2D eigenvalue weighted by Gasteiger charge is -2.26. The fourth-order valence-corrected chi connectivity index (χ4v) is 3.32. The summed E-state index contributed by atoms with van der Waals surface area (Å²) in [5.41, 5.74) is 4.87. The van der Waals surface area contributed by atoms with Crippen molar-refractivity contribution in [2.24, 2.45) is 0 Å². The van der Waals surface area contributed by atoms with E-state index in [4.69, 9.17) is 4.74 Å². The van der Waals surface area contributed by atoms with Gasteiger partial charge in [0.25, 0.3) is 5.91 Å². The van der Waals surface area contributed by atoms with Gasteiger partial charge in [-0.1, -0.05) is 36.4 Å². The number of carbonyl (C=O) groups excluding carboxylic acids is 2. The molecule has 25 heavy (non-hydrogen) atoms. The Morgan fingerprint density at radius 3 is 2.76 bits per heavy atom. The van der Waals surface area contributed by atoms with Gasteiger partial charge in [0, 0.05) is 0 Å². The van der Waals surface area contributed by atoms with Crippen LogP contribution in [0.1, 0.15) is 51.5 Å². The SMILES string of the molecule is Cc1cccc(C(=O)OCC(=O)N[C@@H]2CCCc3ccccc32)c1C. The van der Waals surface area contributed by atoms with Crippen LogP contribution in [0.4, 0.5) is 0 Å². The van der Waals surface area contributed by atoms with Crippen molar-refractivity contribution < 1.29 is 14.3 Å². The maximum Gasteiger partial charge on any atom is 0.338 e. The molecule has 1 atom stereocenters. The van der Waals surface area contributed by atoms with Crippen molar-refractivity contribution in [2.75, 3.05) is 6.61 Å². The Kier molecular flexibility index (Phi) is 5.17. The number of esters is 1. The smallest absolute Gasteiger partial charge is 0.338 e. The molecule has 0 unspecified atom stereocenters. The van der Waals surface area contributed by atoms with Crippen LogP contribution in [0.2, 0.25) is 0 Å². The third-order valence-corrected chi connectivity index (χ3v) is 4.86. The molecule has 2 aromatic carbocycles. The first-order valence-electron chi connectivity index (χ1n) is 8.67. The summed E-state index contributed by atoms with van der Waals surface area (Å²) < 4.78 is 5.20. The maximum absolute atomic E-state index is 12.2. The predicted molar refractivity (Wildman–Crippen MR) is 96.5 cm³/mol. The van der Waals surface area contributed by atoms with E-state index in [1.807, 2.05) is 38.1 Å². The minimum atomic E-state index is -0.458. The van der Waals surface area contributed by atoms with Crippen LogP contribution in [-0.4, -0.2) is 18.5 Å². The van der Waals surface area contributed by atoms with Crippen LogP contribution < -0.4 is 5.32 Å². The van der Waals surface area contributed by atoms with E-state index in [0.29, 0.717) is 5.56 Å². The number of ether oxygens (including phenoxy) is 1. The molecule has 130 valence electrons. The summed E-state index contributed by atoms with van der Waals surface area (Å²) in [7, 11) is 0. The molecule has 0 heterocycles. The van der Waals surface area contributed by atoms with Crippen LogP contribution in [0.5, 0.6) is 0 Å². The molecule has 1 N–H and O–H groups in total. The van der Waals surface area contributed by atoms with Crippen LogP contribution in [-0.2, 0) is 16.0 Å². The molecule has 0 radical (unpaired) electrons. The minimum Gasteiger partial charge on any atom is -0.452 e. The number of carbonyl (C=O) groups is 2. The van der Waals surface area contributed by atoms with Crippen LogP contribution >= 0.6 is 0 Å². The minimum absolute atomic E-state index is 0.00291. The van der Waals surface area contributed by atoms with Gasteiger partial charge in [-0.2, -0.15) is 0 Å². The maximum atomic E-state index is 12.2. The average molecular weight is 337 g/mol. The van der Waals surface area contributed by atoms with E-state index < -0.39 is 5.97 Å². The number of rotatable bonds is 4. The summed E-state index contributed by atoms with van der Waals surface area (Å²) in [6, 6.07) is 13.7. The van der Waals surface area contributed by atoms with Crippen molar-refractivity contribution in [3.63, 3.8) is 0 Å². The molecular formula is C21H23NO3. The first-order valence-corrected chi connectivity index (χ1v) is 8.67. The van der Waals surface area contributed by atoms with E-state index in [1.165, 1.54) is 11.1 Å². The topological polar surface area (TPSA) is 55.4 Å². The first-order chi connectivity index (χ1) is 12.1. The zero-order valence-corrected chi connectivity index (χ0v) is 14.7. The number of hydrogen-bond donors (Lipinski definition) is 1. The number of nitrogens with one attached hydrogen (secondary N) is 1. The summed E-state index contributed by atoms with van der Waals surface area (Å²) in [6.45, 7) is 3.56. The number of amides is 1. The Labute approximate surface area is 148 Å². The normalized spacial score (nSPS) is 16.0. The van der Waals surface area contributed by atoms with Gasteiger partial charge in [0.15, 0.2) is 6.61 Å². The Bertz CT molecular complexity index is 797. The van der Waals surface area contributed by atoms with E-state index >= 15 is 0 Å². The van der Waals surface area contributed by atoms with Gasteiger partial charge in [0.2, 0.25) is 0 Å². The second kappa shape index (κ2) is 7.51. The Morgan fingerprint density at radius 1 is 1.12 bits per heavy atom. The van der Waals surface area contributed by atoms with E-state index in [9.17, 15) is 9.59 Å². The largest absolute Gasteiger partial charge is 0.452 e. The summed E-state index contributed by atoms with van der Waals surface area (Å²) >= 11 is 0. The van der Waals surface area contributed by atoms with Gasteiger partial charge in [-0.05, 0) is 61.4 Å². The van der Waals surface area contributed by atoms with Gasteiger partial charge >= 0.3 is 5.97 Å². The fourth-order valence-electron chi connectivity index (χ4n) is 3.32. The second-order valence-corrected chi connectivity index (χ2v) is 6.53. The molecule has 0 spiro atoms. The molecule has 0 saturated carbocycles. The zero-order valence-electron chi connectivity index (χ0n) is 14.7. The monoisotopic (exact) mass is 337 g/mol. The average Bonchev–Trinajstić information content (AvgIpc) is 2.62. The molecule has 0 aromatic heterocycles. The van der Waals surface area contributed by atoms with Gasteiger partial charge in [-0.25, -0.2) is 4.79 Å². The number of fused-ring (bicyclic) bond motifs is 1. The summed E-state index contributed by atoms with van der Waals surface area (Å²) in [5.74, 6) is -0.722. The lowest BCUT2D eigenvalue weighted by Crippen LogP contribution is -2.34. The zero-order chi connectivity index (χ0) is 17.8. The van der Waals surface area contributed by atoms with E-state index in [1.54, 1.807) is 6.07 Å². The molecule has 0 aliphatic heterocycles. The lowest BCUT2D eigenvalue weighted by atomic mass is 9.88. The quantitative estimate of drug-likeness (QED) is 0.867. The van der Waals surface area contributed by atoms with Crippen molar-refractivity contribution in [3.05, 3.63) is 70.3 Å². The molecule has 0 saturated heterocycles. The highest BCUT2D eigenvalue weighted by Gasteiger charge is 2.22. The van der Waals surface area contributed by atoms with Crippen LogP contribution in [0.25, 0.3) is 0 Å². The molecule has 4 heteroatoms. The fraction of sp³-hybridized carbons (Fsp3) is 0.333. The van der Waals surface area contributed by atoms with Gasteiger partial charge in [0.05, 0.1) is 11.6 Å². The van der Waals surface area contributed by atoms with Crippen LogP contribution in [0, 0.1) is 13.8 Å². The first kappa shape index (κ1) is 17.2. The van der Waals surface area contributed by atoms with Gasteiger partial charge in [0.1, 0.15) is 0 Å². The van der Waals surface area contributed by atoms with Crippen molar-refractivity contribution in [2.45, 2.75) is 39.2 Å². The Balaban J connectivity index is 1.59. The van der Waals surface area contributed by atoms with Crippen LogP contribution in [0.3, 0.4) is 0 Å². The molecule has 0 bridgehead atoms. The highest BCUT2D eigenvalue weighted by molar-refractivity contribution is 5.93. The molecule has 4 nitrogen and oxygen atoms in total. The third kappa shape index (κ3) is 3.90. The standard InChI is InChI=1S/C21H23NO3/c1-14-7-5-11-17(15(14)2)21(24)25-13-20(23)22-19-12-6-9-16-8-3-4-10-18(16)19/h3-5,7-8,10-11,19H,6,9,12-13H2,1-2H3,(H,22,23)/t19-/m1/s1. The number of aryl methyl sites for hydroxylation is 2. The molecule has 0 fully saturated rings. The second-order valence-electron chi connectivity index (χ2n) is 6.53. The lowest BCUT2D eigenvalue weighted by molar-refractivity contribution is -0.125. The molecular weight excluding hydrogens is 314 g/mol. The van der Waals surface area contributed by atoms with Crippen molar-refractivity contribution >= 4 is 11.9 Å². The van der Waals surface area contributed by atoms with Crippen LogP contribution in [0.15, 0.2) is 42.5 Å². The number of hydrogen-bond acceptors (Lipinski definition) is 3. The number of benzene rings is 2.